The maximum Gasteiger partial charge on any atom is 0.417 e. The van der Waals surface area contributed by atoms with Crippen molar-refractivity contribution in [2.24, 2.45) is 0 Å². The molecule has 0 fully saturated rings. The molecule has 0 aliphatic heterocycles. The van der Waals surface area contributed by atoms with Crippen molar-refractivity contribution in [2.45, 2.75) is 19.5 Å². The number of halogens is 3. The molecule has 20 heavy (non-hydrogen) atoms. The molecule has 0 aliphatic rings. The standard InChI is InChI=1S/C17H13F3/c1-2-13-7-9-14(10-8-13)11-12-15-5-3-4-6-16(15)17(18,19)20/h3-10H,2H2,1H3. The van der Waals surface area contributed by atoms with Gasteiger partial charge in [0.25, 0.3) is 0 Å². The van der Waals surface area contributed by atoms with Crippen molar-refractivity contribution < 1.29 is 13.2 Å². The molecule has 0 spiro atoms. The smallest absolute Gasteiger partial charge is 0.166 e. The highest BCUT2D eigenvalue weighted by Crippen LogP contribution is 2.31. The lowest BCUT2D eigenvalue weighted by Crippen LogP contribution is -2.07. The van der Waals surface area contributed by atoms with Crippen LogP contribution in [-0.4, -0.2) is 0 Å². The summed E-state index contributed by atoms with van der Waals surface area (Å²) >= 11 is 0. The Bertz CT molecular complexity index is 640. The molecule has 2 aromatic rings. The van der Waals surface area contributed by atoms with Crippen LogP contribution < -0.4 is 0 Å². The van der Waals surface area contributed by atoms with Gasteiger partial charge in [-0.1, -0.05) is 43.0 Å². The van der Waals surface area contributed by atoms with Crippen LogP contribution in [0, 0.1) is 11.8 Å². The van der Waals surface area contributed by atoms with Crippen molar-refractivity contribution in [2.75, 3.05) is 0 Å². The maximum absolute atomic E-state index is 12.8. The molecular weight excluding hydrogens is 261 g/mol. The van der Waals surface area contributed by atoms with E-state index in [9.17, 15) is 13.2 Å². The van der Waals surface area contributed by atoms with Crippen molar-refractivity contribution in [1.29, 1.82) is 0 Å². The van der Waals surface area contributed by atoms with Crippen LogP contribution in [0.3, 0.4) is 0 Å². The van der Waals surface area contributed by atoms with Gasteiger partial charge in [-0.15, -0.1) is 0 Å². The number of hydrogen-bond acceptors (Lipinski definition) is 0. The van der Waals surface area contributed by atoms with Crippen molar-refractivity contribution >= 4 is 0 Å². The predicted molar refractivity (Wildman–Crippen MR) is 73.2 cm³/mol. The van der Waals surface area contributed by atoms with Gasteiger partial charge < -0.3 is 0 Å². The lowest BCUT2D eigenvalue weighted by atomic mass is 10.1. The summed E-state index contributed by atoms with van der Waals surface area (Å²) in [5.41, 5.74) is 1.18. The second kappa shape index (κ2) is 5.83. The van der Waals surface area contributed by atoms with Gasteiger partial charge in [-0.05, 0) is 36.2 Å². The van der Waals surface area contributed by atoms with E-state index in [0.29, 0.717) is 5.56 Å². The number of rotatable bonds is 1. The van der Waals surface area contributed by atoms with Gasteiger partial charge in [0.15, 0.2) is 0 Å². The number of aryl methyl sites for hydroxylation is 1. The van der Waals surface area contributed by atoms with Crippen molar-refractivity contribution in [1.82, 2.24) is 0 Å². The van der Waals surface area contributed by atoms with E-state index in [1.54, 1.807) is 6.07 Å². The maximum atomic E-state index is 12.8. The van der Waals surface area contributed by atoms with Crippen LogP contribution in [-0.2, 0) is 12.6 Å². The van der Waals surface area contributed by atoms with Gasteiger partial charge >= 0.3 is 6.18 Å². The first-order valence-corrected chi connectivity index (χ1v) is 6.28. The van der Waals surface area contributed by atoms with E-state index in [0.717, 1.165) is 12.5 Å². The average molecular weight is 274 g/mol. The lowest BCUT2D eigenvalue weighted by molar-refractivity contribution is -0.137. The van der Waals surface area contributed by atoms with E-state index in [4.69, 9.17) is 0 Å². The minimum atomic E-state index is -4.38. The Morgan fingerprint density at radius 2 is 1.55 bits per heavy atom. The molecule has 0 aliphatic carbocycles. The van der Waals surface area contributed by atoms with Gasteiger partial charge in [0.2, 0.25) is 0 Å². The van der Waals surface area contributed by atoms with Gasteiger partial charge in [-0.2, -0.15) is 13.2 Å². The van der Waals surface area contributed by atoms with Crippen LogP contribution in [0.25, 0.3) is 0 Å². The highest BCUT2D eigenvalue weighted by atomic mass is 19.4. The molecule has 0 saturated heterocycles. The fraction of sp³-hybridized carbons (Fsp3) is 0.176. The molecule has 0 radical (unpaired) electrons. The first-order chi connectivity index (χ1) is 9.50. The molecule has 0 aromatic heterocycles. The Labute approximate surface area is 116 Å². The summed E-state index contributed by atoms with van der Waals surface area (Å²) in [4.78, 5) is 0. The lowest BCUT2D eigenvalue weighted by Gasteiger charge is -2.08. The van der Waals surface area contributed by atoms with E-state index in [2.05, 4.69) is 11.8 Å². The quantitative estimate of drug-likeness (QED) is 0.663. The fourth-order valence-corrected chi connectivity index (χ4v) is 1.80. The molecule has 0 amide bonds. The Balaban J connectivity index is 2.33. The Morgan fingerprint density at radius 3 is 2.15 bits per heavy atom. The first-order valence-electron chi connectivity index (χ1n) is 6.28. The largest absolute Gasteiger partial charge is 0.417 e. The molecule has 2 aromatic carbocycles. The van der Waals surface area contributed by atoms with Crippen LogP contribution in [0.1, 0.15) is 29.2 Å². The highest BCUT2D eigenvalue weighted by molar-refractivity contribution is 5.47. The molecule has 0 saturated carbocycles. The third-order valence-corrected chi connectivity index (χ3v) is 2.94. The zero-order valence-electron chi connectivity index (χ0n) is 11.0. The SMILES string of the molecule is CCc1ccc(C#Cc2ccccc2C(F)(F)F)cc1. The number of alkyl halides is 3. The zero-order valence-corrected chi connectivity index (χ0v) is 11.0. The summed E-state index contributed by atoms with van der Waals surface area (Å²) in [6.07, 6.45) is -3.46. The molecule has 0 bridgehead atoms. The third kappa shape index (κ3) is 3.42. The second-order valence-electron chi connectivity index (χ2n) is 4.34. The molecule has 3 heteroatoms. The Kier molecular flexibility index (Phi) is 4.14. The van der Waals surface area contributed by atoms with E-state index in [1.807, 2.05) is 31.2 Å². The van der Waals surface area contributed by atoms with Gasteiger partial charge in [-0.3, -0.25) is 0 Å². The van der Waals surface area contributed by atoms with Gasteiger partial charge in [0.1, 0.15) is 0 Å². The fourth-order valence-electron chi connectivity index (χ4n) is 1.80. The molecule has 0 nitrogen and oxygen atoms in total. The summed E-state index contributed by atoms with van der Waals surface area (Å²) in [7, 11) is 0. The minimum Gasteiger partial charge on any atom is -0.166 e. The van der Waals surface area contributed by atoms with E-state index in [1.165, 1.54) is 17.7 Å². The monoisotopic (exact) mass is 274 g/mol. The van der Waals surface area contributed by atoms with Crippen LogP contribution in [0.2, 0.25) is 0 Å². The molecule has 102 valence electrons. The van der Waals surface area contributed by atoms with E-state index >= 15 is 0 Å². The van der Waals surface area contributed by atoms with Gasteiger partial charge in [0.05, 0.1) is 5.56 Å². The molecule has 0 N–H and O–H groups in total. The highest BCUT2D eigenvalue weighted by Gasteiger charge is 2.32. The summed E-state index contributed by atoms with van der Waals surface area (Å²) in [5, 5.41) is 0. The molecule has 0 atom stereocenters. The number of hydrogen-bond donors (Lipinski definition) is 0. The van der Waals surface area contributed by atoms with E-state index in [-0.39, 0.29) is 5.56 Å². The third-order valence-electron chi connectivity index (χ3n) is 2.94. The molecule has 0 heterocycles. The molecule has 2 rings (SSSR count). The van der Waals surface area contributed by atoms with Crippen molar-refractivity contribution in [3.8, 4) is 11.8 Å². The summed E-state index contributed by atoms with van der Waals surface area (Å²) in [6, 6.07) is 12.9. The van der Waals surface area contributed by atoms with Crippen LogP contribution in [0.15, 0.2) is 48.5 Å². The summed E-state index contributed by atoms with van der Waals surface area (Å²) in [6.45, 7) is 2.04. The van der Waals surface area contributed by atoms with Crippen LogP contribution in [0.5, 0.6) is 0 Å². The zero-order chi connectivity index (χ0) is 14.6. The van der Waals surface area contributed by atoms with Gasteiger partial charge in [0, 0.05) is 11.1 Å². The van der Waals surface area contributed by atoms with Crippen LogP contribution in [0.4, 0.5) is 13.2 Å². The summed E-state index contributed by atoms with van der Waals surface area (Å²) < 4.78 is 38.4. The Hall–Kier alpha value is -2.21. The topological polar surface area (TPSA) is 0 Å². The normalized spacial score (nSPS) is 10.8. The summed E-state index contributed by atoms with van der Waals surface area (Å²) in [5.74, 6) is 5.38. The Morgan fingerprint density at radius 1 is 0.900 bits per heavy atom. The average Bonchev–Trinajstić information content (AvgIpc) is 2.45. The molecule has 0 unspecified atom stereocenters. The molecular formula is C17H13F3. The second-order valence-corrected chi connectivity index (χ2v) is 4.34. The van der Waals surface area contributed by atoms with E-state index < -0.39 is 11.7 Å². The first kappa shape index (κ1) is 14.2. The predicted octanol–water partition coefficient (Wildman–Crippen LogP) is 4.67. The van der Waals surface area contributed by atoms with Crippen molar-refractivity contribution in [3.05, 3.63) is 70.8 Å². The number of benzene rings is 2. The van der Waals surface area contributed by atoms with Crippen molar-refractivity contribution in [3.63, 3.8) is 0 Å². The van der Waals surface area contributed by atoms with Crippen LogP contribution >= 0.6 is 0 Å². The van der Waals surface area contributed by atoms with Gasteiger partial charge in [-0.25, -0.2) is 0 Å². The minimum absolute atomic E-state index is 0.000400.